The number of rotatable bonds is 3. The summed E-state index contributed by atoms with van der Waals surface area (Å²) >= 11 is 0. The van der Waals surface area contributed by atoms with Crippen LogP contribution in [-0.2, 0) is 4.74 Å². The molecular weight excluding hydrogens is 216 g/mol. The molecule has 0 bridgehead atoms. The van der Waals surface area contributed by atoms with Crippen LogP contribution in [0.25, 0.3) is 0 Å². The molecule has 5 heteroatoms. The molecule has 1 unspecified atom stereocenters. The molecule has 0 spiro atoms. The van der Waals surface area contributed by atoms with Gasteiger partial charge in [-0.1, -0.05) is 0 Å². The summed E-state index contributed by atoms with van der Waals surface area (Å²) in [6, 6.07) is 0. The second-order valence-corrected chi connectivity index (χ2v) is 4.27. The summed E-state index contributed by atoms with van der Waals surface area (Å²) in [5.41, 5.74) is 0. The molecule has 0 radical (unpaired) electrons. The number of aromatic nitrogens is 2. The lowest BCUT2D eigenvalue weighted by Gasteiger charge is -2.23. The fourth-order valence-corrected chi connectivity index (χ4v) is 1.98. The Hall–Kier alpha value is -1.36. The fourth-order valence-electron chi connectivity index (χ4n) is 1.98. The highest BCUT2D eigenvalue weighted by atomic mass is 16.5. The smallest absolute Gasteiger partial charge is 0.149 e. The van der Waals surface area contributed by atoms with Gasteiger partial charge in [0.15, 0.2) is 0 Å². The molecule has 0 saturated carbocycles. The average molecular weight is 236 g/mol. The second-order valence-electron chi connectivity index (χ2n) is 4.27. The van der Waals surface area contributed by atoms with Gasteiger partial charge in [-0.25, -0.2) is 4.98 Å². The second kappa shape index (κ2) is 5.82. The molecule has 0 aliphatic carbocycles. The van der Waals surface area contributed by atoms with Gasteiger partial charge in [0.05, 0.1) is 18.5 Å². The molecule has 1 saturated heterocycles. The standard InChI is InChI=1S/C12H20N4O/c1-3-14-11-7-13-8-12(15-11)16-5-4-6-17-10(2)9-16/h7-8,10H,3-6,9H2,1-2H3,(H,14,15). The van der Waals surface area contributed by atoms with Crippen LogP contribution in [0.1, 0.15) is 20.3 Å². The van der Waals surface area contributed by atoms with Gasteiger partial charge in [-0.05, 0) is 20.3 Å². The number of nitrogens with one attached hydrogen (secondary N) is 1. The summed E-state index contributed by atoms with van der Waals surface area (Å²) in [5, 5.41) is 3.18. The van der Waals surface area contributed by atoms with Crippen molar-refractivity contribution in [2.24, 2.45) is 0 Å². The van der Waals surface area contributed by atoms with Gasteiger partial charge in [0.1, 0.15) is 11.6 Å². The van der Waals surface area contributed by atoms with E-state index >= 15 is 0 Å². The first-order chi connectivity index (χ1) is 8.29. The number of hydrogen-bond acceptors (Lipinski definition) is 5. The van der Waals surface area contributed by atoms with E-state index in [1.54, 1.807) is 6.20 Å². The Labute approximate surface area is 102 Å². The SMILES string of the molecule is CCNc1cncc(N2CCCOC(C)C2)n1. The summed E-state index contributed by atoms with van der Waals surface area (Å²) in [7, 11) is 0. The predicted octanol–water partition coefficient (Wildman–Crippen LogP) is 1.52. The largest absolute Gasteiger partial charge is 0.377 e. The third-order valence-corrected chi connectivity index (χ3v) is 2.76. The van der Waals surface area contributed by atoms with Crippen LogP contribution in [0.2, 0.25) is 0 Å². The third kappa shape index (κ3) is 3.30. The lowest BCUT2D eigenvalue weighted by molar-refractivity contribution is 0.0820. The van der Waals surface area contributed by atoms with Gasteiger partial charge in [0, 0.05) is 26.2 Å². The molecule has 2 rings (SSSR count). The minimum absolute atomic E-state index is 0.252. The van der Waals surface area contributed by atoms with Crippen molar-refractivity contribution >= 4 is 11.6 Å². The van der Waals surface area contributed by atoms with Crippen LogP contribution in [0.4, 0.5) is 11.6 Å². The zero-order chi connectivity index (χ0) is 12.1. The van der Waals surface area contributed by atoms with Gasteiger partial charge in [-0.15, -0.1) is 0 Å². The zero-order valence-electron chi connectivity index (χ0n) is 10.5. The molecule has 1 aliphatic rings. The highest BCUT2D eigenvalue weighted by molar-refractivity contribution is 5.43. The van der Waals surface area contributed by atoms with E-state index in [2.05, 4.69) is 34.0 Å². The van der Waals surface area contributed by atoms with Crippen LogP contribution in [0, 0.1) is 0 Å². The van der Waals surface area contributed by atoms with Gasteiger partial charge in [-0.3, -0.25) is 4.98 Å². The van der Waals surface area contributed by atoms with Gasteiger partial charge in [0.25, 0.3) is 0 Å². The van der Waals surface area contributed by atoms with Crippen LogP contribution in [0.5, 0.6) is 0 Å². The summed E-state index contributed by atoms with van der Waals surface area (Å²) < 4.78 is 5.63. The molecule has 2 heterocycles. The van der Waals surface area contributed by atoms with E-state index in [0.717, 1.165) is 44.3 Å². The number of hydrogen-bond donors (Lipinski definition) is 1. The monoisotopic (exact) mass is 236 g/mol. The molecule has 1 atom stereocenters. The van der Waals surface area contributed by atoms with Crippen LogP contribution in [-0.4, -0.2) is 42.3 Å². The van der Waals surface area contributed by atoms with Crippen molar-refractivity contribution in [2.75, 3.05) is 36.5 Å². The Morgan fingerprint density at radius 2 is 2.41 bits per heavy atom. The molecule has 1 fully saturated rings. The first-order valence-corrected chi connectivity index (χ1v) is 6.22. The van der Waals surface area contributed by atoms with Crippen molar-refractivity contribution in [3.05, 3.63) is 12.4 Å². The third-order valence-electron chi connectivity index (χ3n) is 2.76. The summed E-state index contributed by atoms with van der Waals surface area (Å²) in [5.74, 6) is 1.77. The quantitative estimate of drug-likeness (QED) is 0.862. The minimum Gasteiger partial charge on any atom is -0.377 e. The van der Waals surface area contributed by atoms with Crippen LogP contribution < -0.4 is 10.2 Å². The number of anilines is 2. The maximum absolute atomic E-state index is 5.63. The molecule has 0 aromatic carbocycles. The Kier molecular flexibility index (Phi) is 4.14. The van der Waals surface area contributed by atoms with E-state index in [1.807, 2.05) is 6.20 Å². The van der Waals surface area contributed by atoms with E-state index < -0.39 is 0 Å². The predicted molar refractivity (Wildman–Crippen MR) is 68.4 cm³/mol. The lowest BCUT2D eigenvalue weighted by atomic mass is 10.3. The van der Waals surface area contributed by atoms with Crippen LogP contribution >= 0.6 is 0 Å². The van der Waals surface area contributed by atoms with Gasteiger partial charge in [-0.2, -0.15) is 0 Å². The highest BCUT2D eigenvalue weighted by Crippen LogP contribution is 2.16. The molecule has 94 valence electrons. The summed E-state index contributed by atoms with van der Waals surface area (Å²) in [4.78, 5) is 11.0. The molecule has 1 aromatic heterocycles. The molecule has 17 heavy (non-hydrogen) atoms. The van der Waals surface area contributed by atoms with Crippen molar-refractivity contribution in [3.63, 3.8) is 0 Å². The van der Waals surface area contributed by atoms with Crippen molar-refractivity contribution < 1.29 is 4.74 Å². The van der Waals surface area contributed by atoms with Crippen LogP contribution in [0.3, 0.4) is 0 Å². The van der Waals surface area contributed by atoms with Crippen LogP contribution in [0.15, 0.2) is 12.4 Å². The van der Waals surface area contributed by atoms with E-state index in [4.69, 9.17) is 4.74 Å². The van der Waals surface area contributed by atoms with Gasteiger partial charge in [0.2, 0.25) is 0 Å². The van der Waals surface area contributed by atoms with E-state index in [-0.39, 0.29) is 6.10 Å². The normalized spacial score (nSPS) is 21.1. The zero-order valence-corrected chi connectivity index (χ0v) is 10.5. The van der Waals surface area contributed by atoms with E-state index in [9.17, 15) is 0 Å². The van der Waals surface area contributed by atoms with E-state index in [0.29, 0.717) is 0 Å². The number of ether oxygens (including phenoxy) is 1. The van der Waals surface area contributed by atoms with Crippen molar-refractivity contribution in [2.45, 2.75) is 26.4 Å². The lowest BCUT2D eigenvalue weighted by Crippen LogP contribution is -2.31. The Morgan fingerprint density at radius 1 is 1.53 bits per heavy atom. The summed E-state index contributed by atoms with van der Waals surface area (Å²) in [6.07, 6.45) is 4.86. The fraction of sp³-hybridized carbons (Fsp3) is 0.667. The Morgan fingerprint density at radius 3 is 3.24 bits per heavy atom. The average Bonchev–Trinajstić information content (AvgIpc) is 2.55. The molecule has 1 aromatic rings. The molecule has 1 N–H and O–H groups in total. The van der Waals surface area contributed by atoms with Crippen molar-refractivity contribution in [1.29, 1.82) is 0 Å². The van der Waals surface area contributed by atoms with Crippen molar-refractivity contribution in [1.82, 2.24) is 9.97 Å². The molecule has 1 aliphatic heterocycles. The molecular formula is C12H20N4O. The van der Waals surface area contributed by atoms with Gasteiger partial charge < -0.3 is 15.0 Å². The van der Waals surface area contributed by atoms with E-state index in [1.165, 1.54) is 0 Å². The number of nitrogens with zero attached hydrogens (tertiary/aromatic N) is 3. The maximum atomic E-state index is 5.63. The Balaban J connectivity index is 2.11. The first-order valence-electron chi connectivity index (χ1n) is 6.22. The Bertz CT molecular complexity index is 358. The minimum atomic E-state index is 0.252. The molecule has 0 amide bonds. The van der Waals surface area contributed by atoms with Gasteiger partial charge >= 0.3 is 0 Å². The summed E-state index contributed by atoms with van der Waals surface area (Å²) in [6.45, 7) is 7.70. The topological polar surface area (TPSA) is 50.3 Å². The highest BCUT2D eigenvalue weighted by Gasteiger charge is 2.16. The van der Waals surface area contributed by atoms with Crippen molar-refractivity contribution in [3.8, 4) is 0 Å². The first kappa shape index (κ1) is 12.1. The molecule has 5 nitrogen and oxygen atoms in total. The maximum Gasteiger partial charge on any atom is 0.149 e.